The number of hydrogen-bond acceptors (Lipinski definition) is 5. The predicted octanol–water partition coefficient (Wildman–Crippen LogP) is 3.26. The van der Waals surface area contributed by atoms with Gasteiger partial charge in [-0.1, -0.05) is 78.9 Å². The molecule has 5 N–H and O–H groups in total. The third-order valence-corrected chi connectivity index (χ3v) is 6.31. The quantitative estimate of drug-likeness (QED) is 0.352. The number of aliphatic hydroxyl groups is 1. The van der Waals surface area contributed by atoms with Crippen LogP contribution in [-0.2, 0) is 17.8 Å². The molecule has 0 aromatic heterocycles. The minimum Gasteiger partial charge on any atom is -0.364 e. The van der Waals surface area contributed by atoms with Crippen LogP contribution in [0.15, 0.2) is 91.0 Å². The van der Waals surface area contributed by atoms with E-state index in [2.05, 4.69) is 5.32 Å². The second-order valence-electron chi connectivity index (χ2n) is 8.80. The summed E-state index contributed by atoms with van der Waals surface area (Å²) in [5.41, 5.74) is 5.83. The summed E-state index contributed by atoms with van der Waals surface area (Å²) in [7, 11) is 0. The molecule has 0 aliphatic carbocycles. The van der Waals surface area contributed by atoms with Crippen molar-refractivity contribution in [1.29, 1.82) is 5.41 Å². The van der Waals surface area contributed by atoms with Gasteiger partial charge in [0.05, 0.1) is 5.69 Å². The van der Waals surface area contributed by atoms with E-state index in [0.29, 0.717) is 18.7 Å². The Morgan fingerprint density at radius 1 is 0.944 bits per heavy atom. The molecule has 1 aliphatic rings. The van der Waals surface area contributed by atoms with E-state index >= 15 is 0 Å². The number of benzene rings is 3. The Kier molecular flexibility index (Phi) is 7.77. The highest BCUT2D eigenvalue weighted by atomic mass is 16.3. The van der Waals surface area contributed by atoms with Crippen LogP contribution in [0.4, 0.5) is 10.5 Å². The number of amidine groups is 1. The second kappa shape index (κ2) is 11.2. The summed E-state index contributed by atoms with van der Waals surface area (Å²) in [4.78, 5) is 29.7. The second-order valence-corrected chi connectivity index (χ2v) is 8.80. The molecule has 2 atom stereocenters. The molecule has 1 saturated heterocycles. The number of rotatable bonds is 10. The topological polar surface area (TPSA) is 123 Å². The minimum absolute atomic E-state index is 0.0349. The number of nitrogens with zero attached hydrogens (tertiary/aromatic N) is 2. The molecular formula is C28H31N5O3. The number of carbonyl (C=O) groups excluding carboxylic acids is 2. The van der Waals surface area contributed by atoms with Crippen molar-refractivity contribution in [2.45, 2.75) is 37.6 Å². The molecule has 0 radical (unpaired) electrons. The van der Waals surface area contributed by atoms with Crippen molar-refractivity contribution >= 4 is 23.5 Å². The molecule has 4 rings (SSSR count). The lowest BCUT2D eigenvalue weighted by Crippen LogP contribution is -2.59. The first-order valence-corrected chi connectivity index (χ1v) is 12.0. The predicted molar refractivity (Wildman–Crippen MR) is 139 cm³/mol. The number of hydrogen-bond donors (Lipinski definition) is 4. The molecular weight excluding hydrogens is 454 g/mol. The Labute approximate surface area is 210 Å². The lowest BCUT2D eigenvalue weighted by molar-refractivity contribution is -0.131. The van der Waals surface area contributed by atoms with E-state index in [4.69, 9.17) is 11.1 Å². The zero-order valence-electron chi connectivity index (χ0n) is 20.0. The van der Waals surface area contributed by atoms with Crippen molar-refractivity contribution in [3.05, 3.63) is 102 Å². The summed E-state index contributed by atoms with van der Waals surface area (Å²) in [5.74, 6) is -0.703. The molecule has 0 unspecified atom stereocenters. The van der Waals surface area contributed by atoms with E-state index in [-0.39, 0.29) is 25.2 Å². The summed E-state index contributed by atoms with van der Waals surface area (Å²) in [6.45, 7) is 0.596. The Hall–Kier alpha value is -4.01. The fraction of sp³-hybridized carbons (Fsp3) is 0.250. The maximum Gasteiger partial charge on any atom is 0.333 e. The summed E-state index contributed by atoms with van der Waals surface area (Å²) in [5, 5.41) is 23.8. The molecule has 1 aliphatic heterocycles. The molecule has 8 heteroatoms. The maximum atomic E-state index is 13.8. The van der Waals surface area contributed by atoms with Crippen LogP contribution in [0, 0.1) is 5.41 Å². The van der Waals surface area contributed by atoms with Gasteiger partial charge < -0.3 is 16.2 Å². The van der Waals surface area contributed by atoms with Crippen molar-refractivity contribution in [2.75, 3.05) is 11.4 Å². The first-order valence-electron chi connectivity index (χ1n) is 12.0. The van der Waals surface area contributed by atoms with Crippen LogP contribution in [0.5, 0.6) is 0 Å². The number of nitrogens with two attached hydrogens (primary N) is 1. The Bertz CT molecular complexity index is 1190. The summed E-state index contributed by atoms with van der Waals surface area (Å²) in [6.07, 6.45) is 0.677. The van der Waals surface area contributed by atoms with Crippen molar-refractivity contribution in [3.8, 4) is 0 Å². The lowest BCUT2D eigenvalue weighted by Gasteiger charge is -2.36. The third kappa shape index (κ3) is 5.15. The normalized spacial score (nSPS) is 18.4. The Morgan fingerprint density at radius 3 is 2.08 bits per heavy atom. The van der Waals surface area contributed by atoms with Gasteiger partial charge in [0.1, 0.15) is 6.04 Å². The number of urea groups is 1. The van der Waals surface area contributed by atoms with Gasteiger partial charge >= 0.3 is 6.03 Å². The van der Waals surface area contributed by atoms with Gasteiger partial charge in [-0.2, -0.15) is 0 Å². The average Bonchev–Trinajstić information content (AvgIpc) is 3.09. The zero-order chi connectivity index (χ0) is 25.5. The average molecular weight is 486 g/mol. The molecule has 0 spiro atoms. The molecule has 0 bridgehead atoms. The number of amides is 3. The molecule has 3 amide bonds. The van der Waals surface area contributed by atoms with Crippen molar-refractivity contribution in [2.24, 2.45) is 5.73 Å². The molecule has 3 aromatic carbocycles. The molecule has 8 nitrogen and oxygen atoms in total. The molecule has 3 aromatic rings. The highest BCUT2D eigenvalue weighted by Gasteiger charge is 2.57. The van der Waals surface area contributed by atoms with Gasteiger partial charge in [0.15, 0.2) is 5.84 Å². The smallest absolute Gasteiger partial charge is 0.333 e. The van der Waals surface area contributed by atoms with E-state index in [0.717, 1.165) is 16.0 Å². The Balaban J connectivity index is 1.71. The van der Waals surface area contributed by atoms with Gasteiger partial charge in [0.25, 0.3) is 0 Å². The zero-order valence-corrected chi connectivity index (χ0v) is 20.0. The fourth-order valence-electron chi connectivity index (χ4n) is 4.50. The van der Waals surface area contributed by atoms with Crippen LogP contribution < -0.4 is 16.0 Å². The molecule has 1 heterocycles. The summed E-state index contributed by atoms with van der Waals surface area (Å²) in [6, 6.07) is 25.7. The molecule has 186 valence electrons. The van der Waals surface area contributed by atoms with E-state index in [9.17, 15) is 14.7 Å². The lowest BCUT2D eigenvalue weighted by atomic mass is 9.97. The molecule has 1 fully saturated rings. The van der Waals surface area contributed by atoms with Crippen LogP contribution in [0.1, 0.15) is 24.0 Å². The van der Waals surface area contributed by atoms with Crippen LogP contribution in [0.2, 0.25) is 0 Å². The maximum absolute atomic E-state index is 13.8. The summed E-state index contributed by atoms with van der Waals surface area (Å²) < 4.78 is 0. The van der Waals surface area contributed by atoms with Gasteiger partial charge in [0, 0.05) is 13.0 Å². The molecule has 36 heavy (non-hydrogen) atoms. The van der Waals surface area contributed by atoms with Crippen molar-refractivity contribution < 1.29 is 14.7 Å². The van der Waals surface area contributed by atoms with Crippen molar-refractivity contribution in [1.82, 2.24) is 10.2 Å². The van der Waals surface area contributed by atoms with Crippen LogP contribution in [0.25, 0.3) is 0 Å². The van der Waals surface area contributed by atoms with Gasteiger partial charge in [-0.3, -0.25) is 15.1 Å². The first-order chi connectivity index (χ1) is 17.5. The third-order valence-electron chi connectivity index (χ3n) is 6.31. The van der Waals surface area contributed by atoms with Gasteiger partial charge in [-0.05, 0) is 42.6 Å². The van der Waals surface area contributed by atoms with Crippen LogP contribution >= 0.6 is 0 Å². The van der Waals surface area contributed by atoms with Crippen LogP contribution in [-0.4, -0.2) is 46.1 Å². The van der Waals surface area contributed by atoms with Gasteiger partial charge in [-0.15, -0.1) is 0 Å². The number of anilines is 1. The minimum atomic E-state index is -2.03. The highest BCUT2D eigenvalue weighted by Crippen LogP contribution is 2.36. The van der Waals surface area contributed by atoms with E-state index < -0.39 is 23.7 Å². The number of para-hydroxylation sites is 1. The monoisotopic (exact) mass is 485 g/mol. The fourth-order valence-corrected chi connectivity index (χ4v) is 4.50. The first kappa shape index (κ1) is 25.1. The highest BCUT2D eigenvalue weighted by molar-refractivity contribution is 6.24. The Morgan fingerprint density at radius 2 is 1.50 bits per heavy atom. The SMILES string of the molecule is N=C1N(c2ccccc2)C(=O)N([C@@H](CCCN)C(=O)NCc2ccccc2)[C@@]1(O)Cc1ccccc1. The largest absolute Gasteiger partial charge is 0.364 e. The standard InChI is InChI=1S/C28H31N5O3/c29-18-10-17-24(25(34)31-20-22-13-6-2-7-14-22)33-27(35)32(23-15-8-3-9-16-23)26(30)28(33,36)19-21-11-4-1-5-12-21/h1-9,11-16,24,30,36H,10,17-20,29H2,(H,31,34)/t24-,28+/m0/s1. The summed E-state index contributed by atoms with van der Waals surface area (Å²) >= 11 is 0. The van der Waals surface area contributed by atoms with E-state index in [1.807, 2.05) is 66.7 Å². The molecule has 0 saturated carbocycles. The van der Waals surface area contributed by atoms with Crippen LogP contribution in [0.3, 0.4) is 0 Å². The number of carbonyl (C=O) groups is 2. The van der Waals surface area contributed by atoms with E-state index in [1.54, 1.807) is 24.3 Å². The van der Waals surface area contributed by atoms with Gasteiger partial charge in [0.2, 0.25) is 11.6 Å². The van der Waals surface area contributed by atoms with E-state index in [1.165, 1.54) is 4.90 Å². The number of nitrogens with one attached hydrogen (secondary N) is 2. The van der Waals surface area contributed by atoms with Gasteiger partial charge in [-0.25, -0.2) is 9.69 Å². The van der Waals surface area contributed by atoms with Crippen molar-refractivity contribution in [3.63, 3.8) is 0 Å².